The molecule has 1 heterocycles. The molecule has 7 nitrogen and oxygen atoms in total. The van der Waals surface area contributed by atoms with Crippen molar-refractivity contribution in [2.75, 3.05) is 27.4 Å². The maximum Gasteiger partial charge on any atom is 0.290 e. The molecule has 0 aliphatic carbocycles. The van der Waals surface area contributed by atoms with Crippen LogP contribution in [-0.2, 0) is 4.74 Å². The molecule has 130 valence electrons. The van der Waals surface area contributed by atoms with Crippen LogP contribution < -0.4 is 14.8 Å². The predicted molar refractivity (Wildman–Crippen MR) is 87.5 cm³/mol. The first-order valence-electron chi connectivity index (χ1n) is 7.59. The average molecular weight is 334 g/mol. The fourth-order valence-corrected chi connectivity index (χ4v) is 2.13. The molecule has 0 aliphatic rings. The lowest BCUT2D eigenvalue weighted by molar-refractivity contribution is 0.0902. The number of amides is 1. The maximum atomic E-state index is 12.1. The molecule has 24 heavy (non-hydrogen) atoms. The molecule has 0 unspecified atom stereocenters. The highest BCUT2D eigenvalue weighted by Crippen LogP contribution is 2.30. The van der Waals surface area contributed by atoms with Crippen molar-refractivity contribution < 1.29 is 23.5 Å². The summed E-state index contributed by atoms with van der Waals surface area (Å²) in [6, 6.07) is 6.88. The van der Waals surface area contributed by atoms with E-state index in [1.165, 1.54) is 0 Å². The number of benzene rings is 1. The monoisotopic (exact) mass is 334 g/mol. The first-order chi connectivity index (χ1) is 11.5. The van der Waals surface area contributed by atoms with Crippen LogP contribution in [0.15, 0.2) is 28.8 Å². The Hall–Kier alpha value is -2.54. The van der Waals surface area contributed by atoms with Gasteiger partial charge in [0.1, 0.15) is 6.61 Å². The van der Waals surface area contributed by atoms with Crippen LogP contribution in [0.3, 0.4) is 0 Å². The van der Waals surface area contributed by atoms with Crippen LogP contribution in [0, 0.1) is 6.92 Å². The van der Waals surface area contributed by atoms with Crippen LogP contribution in [0.1, 0.15) is 34.8 Å². The molecule has 1 aromatic heterocycles. The summed E-state index contributed by atoms with van der Waals surface area (Å²) in [5, 5.41) is 6.57. The number of rotatable bonds is 8. The molecular weight excluding hydrogens is 312 g/mol. The van der Waals surface area contributed by atoms with E-state index in [0.29, 0.717) is 30.4 Å². The van der Waals surface area contributed by atoms with Gasteiger partial charge in [0.25, 0.3) is 5.91 Å². The zero-order valence-electron chi connectivity index (χ0n) is 14.3. The van der Waals surface area contributed by atoms with Crippen molar-refractivity contribution in [3.63, 3.8) is 0 Å². The van der Waals surface area contributed by atoms with Gasteiger partial charge in [0.05, 0.1) is 25.5 Å². The number of nitrogens with zero attached hydrogens (tertiary/aromatic N) is 1. The van der Waals surface area contributed by atoms with Crippen molar-refractivity contribution in [3.8, 4) is 11.5 Å². The van der Waals surface area contributed by atoms with Crippen LogP contribution in [0.5, 0.6) is 11.5 Å². The number of methoxy groups -OCH3 is 2. The molecule has 0 saturated heterocycles. The molecule has 0 radical (unpaired) electrons. The zero-order chi connectivity index (χ0) is 17.5. The lowest BCUT2D eigenvalue weighted by Crippen LogP contribution is -2.26. The van der Waals surface area contributed by atoms with Crippen molar-refractivity contribution in [3.05, 3.63) is 41.3 Å². The minimum Gasteiger partial charge on any atom is -0.493 e. The number of carbonyl (C=O) groups excluding carboxylic acids is 1. The topological polar surface area (TPSA) is 82.8 Å². The largest absolute Gasteiger partial charge is 0.493 e. The van der Waals surface area contributed by atoms with E-state index in [1.807, 2.05) is 25.1 Å². The van der Waals surface area contributed by atoms with E-state index >= 15 is 0 Å². The summed E-state index contributed by atoms with van der Waals surface area (Å²) >= 11 is 0. The zero-order valence-corrected chi connectivity index (χ0v) is 14.3. The van der Waals surface area contributed by atoms with Gasteiger partial charge in [-0.2, -0.15) is 0 Å². The van der Waals surface area contributed by atoms with Gasteiger partial charge in [-0.3, -0.25) is 4.79 Å². The van der Waals surface area contributed by atoms with E-state index in [1.54, 1.807) is 27.2 Å². The molecule has 1 N–H and O–H groups in total. The molecule has 0 spiro atoms. The lowest BCUT2D eigenvalue weighted by atomic mass is 10.1. The van der Waals surface area contributed by atoms with Crippen LogP contribution in [0.2, 0.25) is 0 Å². The van der Waals surface area contributed by atoms with E-state index in [9.17, 15) is 4.79 Å². The molecule has 1 amide bonds. The molecule has 0 saturated carbocycles. The molecular formula is C17H22N2O5. The van der Waals surface area contributed by atoms with Gasteiger partial charge in [-0.1, -0.05) is 11.2 Å². The van der Waals surface area contributed by atoms with Gasteiger partial charge in [0, 0.05) is 13.2 Å². The van der Waals surface area contributed by atoms with Gasteiger partial charge < -0.3 is 24.1 Å². The number of ether oxygens (including phenoxy) is 3. The minimum absolute atomic E-state index is 0.186. The minimum atomic E-state index is -0.317. The maximum absolute atomic E-state index is 12.1. The summed E-state index contributed by atoms with van der Waals surface area (Å²) in [7, 11) is 3.19. The van der Waals surface area contributed by atoms with E-state index in [4.69, 9.17) is 18.7 Å². The average Bonchev–Trinajstić information content (AvgIpc) is 3.01. The summed E-state index contributed by atoms with van der Waals surface area (Å²) < 4.78 is 20.9. The van der Waals surface area contributed by atoms with Gasteiger partial charge in [-0.25, -0.2) is 0 Å². The molecule has 1 aromatic carbocycles. The second-order valence-electron chi connectivity index (χ2n) is 5.28. The van der Waals surface area contributed by atoms with E-state index < -0.39 is 0 Å². The molecule has 2 aromatic rings. The molecule has 0 aliphatic heterocycles. The molecule has 0 bridgehead atoms. The normalized spacial score (nSPS) is 11.8. The number of hydrogen-bond acceptors (Lipinski definition) is 6. The fourth-order valence-electron chi connectivity index (χ4n) is 2.13. The first-order valence-corrected chi connectivity index (χ1v) is 7.59. The summed E-state index contributed by atoms with van der Waals surface area (Å²) in [6.45, 7) is 4.57. The second-order valence-corrected chi connectivity index (χ2v) is 5.28. The van der Waals surface area contributed by atoms with Crippen molar-refractivity contribution in [2.24, 2.45) is 0 Å². The number of aryl methyl sites for hydroxylation is 1. The number of aromatic nitrogens is 1. The van der Waals surface area contributed by atoms with Gasteiger partial charge in [0.2, 0.25) is 5.76 Å². The summed E-state index contributed by atoms with van der Waals surface area (Å²) in [6.07, 6.45) is 0. The fraction of sp³-hybridized carbons (Fsp3) is 0.412. The van der Waals surface area contributed by atoms with Crippen molar-refractivity contribution >= 4 is 5.91 Å². The van der Waals surface area contributed by atoms with E-state index in [-0.39, 0.29) is 17.7 Å². The highest BCUT2D eigenvalue weighted by Gasteiger charge is 2.17. The first kappa shape index (κ1) is 17.8. The Balaban J connectivity index is 2.06. The highest BCUT2D eigenvalue weighted by molar-refractivity contribution is 5.91. The van der Waals surface area contributed by atoms with E-state index in [0.717, 1.165) is 5.56 Å². The highest BCUT2D eigenvalue weighted by atomic mass is 16.5. The van der Waals surface area contributed by atoms with Gasteiger partial charge in [-0.05, 0) is 31.5 Å². The third kappa shape index (κ3) is 4.48. The van der Waals surface area contributed by atoms with Crippen LogP contribution in [-0.4, -0.2) is 38.5 Å². The third-order valence-electron chi connectivity index (χ3n) is 3.43. The Labute approximate surface area is 140 Å². The number of hydrogen-bond donors (Lipinski definition) is 1. The Kier molecular flexibility index (Phi) is 6.20. The van der Waals surface area contributed by atoms with Crippen molar-refractivity contribution in [2.45, 2.75) is 19.9 Å². The van der Waals surface area contributed by atoms with E-state index in [2.05, 4.69) is 10.5 Å². The van der Waals surface area contributed by atoms with Crippen LogP contribution in [0.25, 0.3) is 0 Å². The Morgan fingerprint density at radius 3 is 2.67 bits per heavy atom. The van der Waals surface area contributed by atoms with Crippen molar-refractivity contribution in [1.29, 1.82) is 0 Å². The Bertz CT molecular complexity index is 683. The van der Waals surface area contributed by atoms with Gasteiger partial charge in [0.15, 0.2) is 11.5 Å². The molecule has 2 rings (SSSR count). The summed E-state index contributed by atoms with van der Waals surface area (Å²) in [5.41, 5.74) is 1.54. The molecule has 0 fully saturated rings. The second kappa shape index (κ2) is 8.35. The third-order valence-corrected chi connectivity index (χ3v) is 3.43. The SMILES string of the molecule is COCCOc1ccc([C@H](C)NC(=O)c2cc(C)no2)cc1OC. The van der Waals surface area contributed by atoms with Gasteiger partial charge in [-0.15, -0.1) is 0 Å². The predicted octanol–water partition coefficient (Wildman–Crippen LogP) is 2.51. The summed E-state index contributed by atoms with van der Waals surface area (Å²) in [5.74, 6) is 1.09. The lowest BCUT2D eigenvalue weighted by Gasteiger charge is -2.16. The smallest absolute Gasteiger partial charge is 0.290 e. The number of carbonyl (C=O) groups is 1. The Morgan fingerprint density at radius 1 is 1.25 bits per heavy atom. The quantitative estimate of drug-likeness (QED) is 0.747. The van der Waals surface area contributed by atoms with Crippen LogP contribution in [0.4, 0.5) is 0 Å². The van der Waals surface area contributed by atoms with Crippen molar-refractivity contribution in [1.82, 2.24) is 10.5 Å². The summed E-state index contributed by atoms with van der Waals surface area (Å²) in [4.78, 5) is 12.1. The number of nitrogens with one attached hydrogen (secondary N) is 1. The van der Waals surface area contributed by atoms with Gasteiger partial charge >= 0.3 is 0 Å². The van der Waals surface area contributed by atoms with Crippen LogP contribution >= 0.6 is 0 Å². The molecule has 1 atom stereocenters. The Morgan fingerprint density at radius 2 is 2.04 bits per heavy atom. The standard InChI is InChI=1S/C17H22N2O5/c1-11-9-16(24-19-11)17(20)18-12(2)13-5-6-14(15(10-13)22-4)23-8-7-21-3/h5-6,9-10,12H,7-8H2,1-4H3,(H,18,20)/t12-/m0/s1. The molecule has 7 heteroatoms.